The lowest BCUT2D eigenvalue weighted by atomic mass is 10.1. The highest BCUT2D eigenvalue weighted by Crippen LogP contribution is 2.29. The second-order valence-electron chi connectivity index (χ2n) is 3.75. The topological polar surface area (TPSA) is 64.2 Å². The minimum absolute atomic E-state index is 0.0324. The molecule has 1 aliphatic rings. The summed E-state index contributed by atoms with van der Waals surface area (Å²) in [7, 11) is 3.69. The minimum atomic E-state index is -0.122. The van der Waals surface area contributed by atoms with Crippen LogP contribution in [0.1, 0.15) is 18.2 Å². The number of nitrogens with zero attached hydrogens (tertiary/aromatic N) is 3. The number of likely N-dealkylation sites (N-methyl/N-ethyl adjacent to an activating group) is 1. The Balaban J connectivity index is 2.35. The molecule has 0 aromatic carbocycles. The summed E-state index contributed by atoms with van der Waals surface area (Å²) < 4.78 is 1.90. The maximum atomic E-state index is 11.4. The van der Waals surface area contributed by atoms with Crippen molar-refractivity contribution in [3.8, 4) is 0 Å². The van der Waals surface area contributed by atoms with Gasteiger partial charge in [-0.05, 0) is 0 Å². The third-order valence-electron chi connectivity index (χ3n) is 2.78. The van der Waals surface area contributed by atoms with Gasteiger partial charge in [0, 0.05) is 26.6 Å². The molecule has 0 unspecified atom stereocenters. The van der Waals surface area contributed by atoms with Crippen LogP contribution in [0.3, 0.4) is 0 Å². The quantitative estimate of drug-likeness (QED) is 0.664. The van der Waals surface area contributed by atoms with Crippen LogP contribution in [0.4, 0.5) is 0 Å². The Kier molecular flexibility index (Phi) is 2.03. The number of likely N-dealkylation sites (tertiary alicyclic amines) is 1. The maximum Gasteiger partial charge on any atom is 0.224 e. The zero-order valence-electron chi connectivity index (χ0n) is 8.34. The molecule has 2 rings (SSSR count). The molecule has 1 fully saturated rings. The Morgan fingerprint density at radius 2 is 2.29 bits per heavy atom. The van der Waals surface area contributed by atoms with Gasteiger partial charge in [0.05, 0.1) is 24.3 Å². The summed E-state index contributed by atoms with van der Waals surface area (Å²) >= 11 is 0. The number of hydrogen-bond donors (Lipinski definition) is 1. The first kappa shape index (κ1) is 9.21. The van der Waals surface area contributed by atoms with Gasteiger partial charge in [-0.25, -0.2) is 4.98 Å². The normalized spacial score (nSPS) is 27.4. The van der Waals surface area contributed by atoms with Crippen LogP contribution in [0.15, 0.2) is 12.5 Å². The second-order valence-corrected chi connectivity index (χ2v) is 3.75. The molecule has 1 amide bonds. The molecule has 2 N–H and O–H groups in total. The number of amides is 1. The summed E-state index contributed by atoms with van der Waals surface area (Å²) in [6, 6.07) is -0.155. The lowest BCUT2D eigenvalue weighted by Crippen LogP contribution is -2.31. The number of hydrogen-bond acceptors (Lipinski definition) is 3. The van der Waals surface area contributed by atoms with E-state index in [1.807, 2.05) is 11.6 Å². The standard InChI is InChI=1S/C9H14N4O/c1-12-5-11-4-7(12)9-6(10)3-8(14)13(9)2/h4-6,9H,3,10H2,1-2H3/t6-,9-/m0/s1. The van der Waals surface area contributed by atoms with Crippen LogP contribution in [-0.2, 0) is 11.8 Å². The van der Waals surface area contributed by atoms with Crippen molar-refractivity contribution >= 4 is 5.91 Å². The Hall–Kier alpha value is -1.36. The molecule has 76 valence electrons. The minimum Gasteiger partial charge on any atom is -0.336 e. The highest BCUT2D eigenvalue weighted by Gasteiger charge is 2.37. The van der Waals surface area contributed by atoms with E-state index >= 15 is 0 Å². The predicted octanol–water partition coefficient (Wildman–Crippen LogP) is -0.349. The zero-order chi connectivity index (χ0) is 10.3. The lowest BCUT2D eigenvalue weighted by Gasteiger charge is -2.22. The van der Waals surface area contributed by atoms with E-state index in [0.717, 1.165) is 5.69 Å². The molecule has 1 saturated heterocycles. The average molecular weight is 194 g/mol. The van der Waals surface area contributed by atoms with Crippen molar-refractivity contribution in [2.75, 3.05) is 7.05 Å². The van der Waals surface area contributed by atoms with Gasteiger partial charge in [0.25, 0.3) is 0 Å². The summed E-state index contributed by atoms with van der Waals surface area (Å²) in [5.41, 5.74) is 6.91. The summed E-state index contributed by atoms with van der Waals surface area (Å²) in [6.45, 7) is 0. The molecule has 1 aliphatic heterocycles. The highest BCUT2D eigenvalue weighted by molar-refractivity contribution is 5.79. The molecule has 1 aromatic heterocycles. The van der Waals surface area contributed by atoms with Crippen LogP contribution in [-0.4, -0.2) is 33.4 Å². The van der Waals surface area contributed by atoms with Crippen LogP contribution >= 0.6 is 0 Å². The molecule has 2 atom stereocenters. The van der Waals surface area contributed by atoms with E-state index < -0.39 is 0 Å². The maximum absolute atomic E-state index is 11.4. The van der Waals surface area contributed by atoms with Gasteiger partial charge in [0.1, 0.15) is 0 Å². The van der Waals surface area contributed by atoms with Crippen molar-refractivity contribution < 1.29 is 4.79 Å². The van der Waals surface area contributed by atoms with Gasteiger partial charge >= 0.3 is 0 Å². The van der Waals surface area contributed by atoms with Crippen LogP contribution in [0, 0.1) is 0 Å². The van der Waals surface area contributed by atoms with Crippen LogP contribution < -0.4 is 5.73 Å². The van der Waals surface area contributed by atoms with E-state index in [9.17, 15) is 4.79 Å². The number of aromatic nitrogens is 2. The Labute approximate surface area is 82.5 Å². The van der Waals surface area contributed by atoms with Crippen molar-refractivity contribution in [3.63, 3.8) is 0 Å². The highest BCUT2D eigenvalue weighted by atomic mass is 16.2. The average Bonchev–Trinajstić information content (AvgIpc) is 2.60. The van der Waals surface area contributed by atoms with Crippen molar-refractivity contribution in [1.82, 2.24) is 14.5 Å². The molecule has 0 spiro atoms. The first-order chi connectivity index (χ1) is 6.61. The molecule has 0 aliphatic carbocycles. The van der Waals surface area contributed by atoms with Gasteiger partial charge in [-0.15, -0.1) is 0 Å². The molecule has 1 aromatic rings. The van der Waals surface area contributed by atoms with E-state index in [1.165, 1.54) is 0 Å². The molecule has 5 nitrogen and oxygen atoms in total. The third kappa shape index (κ3) is 1.21. The fourth-order valence-corrected chi connectivity index (χ4v) is 1.97. The van der Waals surface area contributed by atoms with Gasteiger partial charge in [0.2, 0.25) is 5.91 Å². The van der Waals surface area contributed by atoms with Crippen LogP contribution in [0.25, 0.3) is 0 Å². The summed E-state index contributed by atoms with van der Waals surface area (Å²) in [5.74, 6) is 0.101. The molecule has 0 bridgehead atoms. The van der Waals surface area contributed by atoms with Crippen molar-refractivity contribution in [1.29, 1.82) is 0 Å². The summed E-state index contributed by atoms with van der Waals surface area (Å²) in [4.78, 5) is 17.1. The van der Waals surface area contributed by atoms with E-state index in [2.05, 4.69) is 4.98 Å². The van der Waals surface area contributed by atoms with Gasteiger partial charge in [-0.3, -0.25) is 4.79 Å². The fraction of sp³-hybridized carbons (Fsp3) is 0.556. The molecule has 5 heteroatoms. The third-order valence-corrected chi connectivity index (χ3v) is 2.78. The van der Waals surface area contributed by atoms with E-state index in [1.54, 1.807) is 24.5 Å². The first-order valence-corrected chi connectivity index (χ1v) is 4.58. The first-order valence-electron chi connectivity index (χ1n) is 4.58. The Bertz CT molecular complexity index is 359. The molecule has 0 radical (unpaired) electrons. The largest absolute Gasteiger partial charge is 0.336 e. The van der Waals surface area contributed by atoms with E-state index in [0.29, 0.717) is 6.42 Å². The van der Waals surface area contributed by atoms with Gasteiger partial charge in [-0.2, -0.15) is 0 Å². The van der Waals surface area contributed by atoms with Crippen LogP contribution in [0.2, 0.25) is 0 Å². The number of rotatable bonds is 1. The van der Waals surface area contributed by atoms with E-state index in [-0.39, 0.29) is 18.0 Å². The SMILES string of the molecule is CN1C(=O)C[C@H](N)[C@H]1c1cncn1C. The molecule has 14 heavy (non-hydrogen) atoms. The number of carbonyl (C=O) groups excluding carboxylic acids is 1. The van der Waals surface area contributed by atoms with Crippen molar-refractivity contribution in [2.24, 2.45) is 12.8 Å². The van der Waals surface area contributed by atoms with Crippen LogP contribution in [0.5, 0.6) is 0 Å². The molecule has 2 heterocycles. The predicted molar refractivity (Wildman–Crippen MR) is 51.3 cm³/mol. The van der Waals surface area contributed by atoms with Crippen molar-refractivity contribution in [3.05, 3.63) is 18.2 Å². The number of aryl methyl sites for hydroxylation is 1. The van der Waals surface area contributed by atoms with Crippen molar-refractivity contribution in [2.45, 2.75) is 18.5 Å². The smallest absolute Gasteiger partial charge is 0.224 e. The number of carbonyl (C=O) groups is 1. The number of nitrogens with two attached hydrogens (primary N) is 1. The van der Waals surface area contributed by atoms with E-state index in [4.69, 9.17) is 5.73 Å². The zero-order valence-corrected chi connectivity index (χ0v) is 8.34. The molecular formula is C9H14N4O. The summed E-state index contributed by atoms with van der Waals surface area (Å²) in [6.07, 6.45) is 3.91. The monoisotopic (exact) mass is 194 g/mol. The summed E-state index contributed by atoms with van der Waals surface area (Å²) in [5, 5.41) is 0. The van der Waals surface area contributed by atoms with Gasteiger partial charge in [0.15, 0.2) is 0 Å². The fourth-order valence-electron chi connectivity index (χ4n) is 1.97. The van der Waals surface area contributed by atoms with Gasteiger partial charge < -0.3 is 15.2 Å². The second kappa shape index (κ2) is 3.09. The lowest BCUT2D eigenvalue weighted by molar-refractivity contribution is -0.127. The molecule has 0 saturated carbocycles. The van der Waals surface area contributed by atoms with Gasteiger partial charge in [-0.1, -0.05) is 0 Å². The number of imidazole rings is 1. The molecular weight excluding hydrogens is 180 g/mol. The Morgan fingerprint density at radius 3 is 2.71 bits per heavy atom. The Morgan fingerprint density at radius 1 is 1.57 bits per heavy atom.